The monoisotopic (exact) mass is 468 g/mol. The van der Waals surface area contributed by atoms with Gasteiger partial charge in [0.1, 0.15) is 0 Å². The average Bonchev–Trinajstić information content (AvgIpc) is 2.77. The minimum absolute atomic E-state index is 0.0471. The molecule has 1 aliphatic rings. The molecule has 4 rings (SSSR count). The fourth-order valence-electron chi connectivity index (χ4n) is 3.95. The highest BCUT2D eigenvalue weighted by Gasteiger charge is 2.23. The summed E-state index contributed by atoms with van der Waals surface area (Å²) in [5.41, 5.74) is 2.09. The molecule has 1 N–H and O–H groups in total. The summed E-state index contributed by atoms with van der Waals surface area (Å²) in [5, 5.41) is 12.4. The summed E-state index contributed by atoms with van der Waals surface area (Å²) in [6.07, 6.45) is 4.38. The Balaban J connectivity index is 1.57. The van der Waals surface area contributed by atoms with E-state index in [0.717, 1.165) is 16.5 Å². The van der Waals surface area contributed by atoms with Crippen molar-refractivity contribution >= 4 is 38.8 Å². The highest BCUT2D eigenvalue weighted by molar-refractivity contribution is 7.88. The van der Waals surface area contributed by atoms with E-state index in [1.54, 1.807) is 30.4 Å². The number of H-pyrrole nitrogens is 1. The largest absolute Gasteiger partial charge is 0.321 e. The molecule has 1 fully saturated rings. The molecular formula is C23H24N4O5S. The van der Waals surface area contributed by atoms with Gasteiger partial charge in [0.25, 0.3) is 11.2 Å². The van der Waals surface area contributed by atoms with Gasteiger partial charge < -0.3 is 4.98 Å². The zero-order valence-electron chi connectivity index (χ0n) is 18.1. The Morgan fingerprint density at radius 1 is 1.03 bits per heavy atom. The summed E-state index contributed by atoms with van der Waals surface area (Å²) < 4.78 is 24.8. The van der Waals surface area contributed by atoms with Crippen molar-refractivity contribution in [2.75, 3.05) is 32.4 Å². The quantitative estimate of drug-likeness (QED) is 0.439. The van der Waals surface area contributed by atoms with Gasteiger partial charge in [0.15, 0.2) is 0 Å². The normalized spacial score (nSPS) is 15.9. The summed E-state index contributed by atoms with van der Waals surface area (Å²) >= 11 is 0. The molecule has 0 amide bonds. The van der Waals surface area contributed by atoms with Crippen LogP contribution in [0.3, 0.4) is 0 Å². The standard InChI is InChI=1S/C23H24N4O5S/c1-33(31,32)26-12-10-25(11-13-26)16-17-6-9-22(27(29)30)19(14-17)7-8-20-15-18-4-2-3-5-21(18)24-23(20)28/h2-9,14-15H,10-13,16H2,1H3,(H,24,28). The van der Waals surface area contributed by atoms with Crippen LogP contribution >= 0.6 is 0 Å². The molecule has 9 nitrogen and oxygen atoms in total. The van der Waals surface area contributed by atoms with Crippen LogP contribution < -0.4 is 5.56 Å². The lowest BCUT2D eigenvalue weighted by Gasteiger charge is -2.33. The summed E-state index contributed by atoms with van der Waals surface area (Å²) in [4.78, 5) is 28.4. The molecule has 1 aliphatic heterocycles. The minimum atomic E-state index is -3.20. The molecule has 0 bridgehead atoms. The van der Waals surface area contributed by atoms with E-state index in [4.69, 9.17) is 0 Å². The number of fused-ring (bicyclic) bond motifs is 1. The first kappa shape index (κ1) is 22.8. The molecule has 0 radical (unpaired) electrons. The third kappa shape index (κ3) is 5.36. The smallest absolute Gasteiger partial charge is 0.276 e. The Kier molecular flexibility index (Phi) is 6.41. The molecule has 0 saturated carbocycles. The number of hydrogen-bond donors (Lipinski definition) is 1. The highest BCUT2D eigenvalue weighted by Crippen LogP contribution is 2.24. The van der Waals surface area contributed by atoms with Crippen molar-refractivity contribution in [3.05, 3.63) is 85.7 Å². The SMILES string of the molecule is CS(=O)(=O)N1CCN(Cc2ccc([N+](=O)[O-])c(C=Cc3cc4ccccc4[nH]c3=O)c2)CC1. The van der Waals surface area contributed by atoms with E-state index in [2.05, 4.69) is 9.88 Å². The zero-order chi connectivity index (χ0) is 23.6. The molecule has 0 spiro atoms. The number of rotatable bonds is 6. The Hall–Kier alpha value is -3.34. The fraction of sp³-hybridized carbons (Fsp3) is 0.261. The summed E-state index contributed by atoms with van der Waals surface area (Å²) in [6, 6.07) is 14.1. The van der Waals surface area contributed by atoms with E-state index in [9.17, 15) is 23.3 Å². The van der Waals surface area contributed by atoms with Crippen molar-refractivity contribution in [2.45, 2.75) is 6.54 Å². The van der Waals surface area contributed by atoms with Gasteiger partial charge >= 0.3 is 0 Å². The van der Waals surface area contributed by atoms with Gasteiger partial charge in [0.05, 0.1) is 16.7 Å². The minimum Gasteiger partial charge on any atom is -0.321 e. The molecule has 172 valence electrons. The summed E-state index contributed by atoms with van der Waals surface area (Å²) in [5.74, 6) is 0. The van der Waals surface area contributed by atoms with Crippen molar-refractivity contribution in [1.82, 2.24) is 14.2 Å². The number of aromatic amines is 1. The molecule has 1 saturated heterocycles. The molecule has 3 aromatic rings. The molecule has 0 atom stereocenters. The Labute approximate surface area is 191 Å². The van der Waals surface area contributed by atoms with Gasteiger partial charge in [0, 0.05) is 49.9 Å². The second-order valence-electron chi connectivity index (χ2n) is 8.06. The maximum atomic E-state index is 12.4. The number of pyridine rings is 1. The van der Waals surface area contributed by atoms with E-state index in [-0.39, 0.29) is 11.2 Å². The maximum absolute atomic E-state index is 12.4. The third-order valence-electron chi connectivity index (χ3n) is 5.72. The molecule has 33 heavy (non-hydrogen) atoms. The van der Waals surface area contributed by atoms with E-state index < -0.39 is 14.9 Å². The molecule has 0 aliphatic carbocycles. The van der Waals surface area contributed by atoms with Crippen LogP contribution in [0.4, 0.5) is 5.69 Å². The lowest BCUT2D eigenvalue weighted by atomic mass is 10.1. The first-order valence-corrected chi connectivity index (χ1v) is 12.3. The lowest BCUT2D eigenvalue weighted by molar-refractivity contribution is -0.385. The Morgan fingerprint density at radius 2 is 1.73 bits per heavy atom. The van der Waals surface area contributed by atoms with Gasteiger partial charge in [-0.1, -0.05) is 24.3 Å². The van der Waals surface area contributed by atoms with Crippen LogP contribution in [0.25, 0.3) is 23.1 Å². The Bertz CT molecular complexity index is 1390. The molecule has 10 heteroatoms. The van der Waals surface area contributed by atoms with Crippen LogP contribution in [0.2, 0.25) is 0 Å². The second-order valence-corrected chi connectivity index (χ2v) is 10.0. The van der Waals surface area contributed by atoms with Crippen molar-refractivity contribution in [3.8, 4) is 0 Å². The highest BCUT2D eigenvalue weighted by atomic mass is 32.2. The van der Waals surface area contributed by atoms with Gasteiger partial charge in [-0.3, -0.25) is 19.8 Å². The molecular weight excluding hydrogens is 444 g/mol. The third-order valence-corrected chi connectivity index (χ3v) is 7.02. The predicted octanol–water partition coefficient (Wildman–Crippen LogP) is 2.68. The Morgan fingerprint density at radius 3 is 2.42 bits per heavy atom. The van der Waals surface area contributed by atoms with E-state index in [1.165, 1.54) is 16.6 Å². The zero-order valence-corrected chi connectivity index (χ0v) is 18.9. The van der Waals surface area contributed by atoms with Crippen LogP contribution in [0.1, 0.15) is 16.7 Å². The molecule has 2 aromatic carbocycles. The van der Waals surface area contributed by atoms with Crippen LogP contribution in [-0.2, 0) is 16.6 Å². The van der Waals surface area contributed by atoms with Crippen LogP contribution in [0.5, 0.6) is 0 Å². The van der Waals surface area contributed by atoms with Crippen molar-refractivity contribution < 1.29 is 13.3 Å². The van der Waals surface area contributed by atoms with Crippen LogP contribution in [-0.4, -0.2) is 60.0 Å². The summed E-state index contributed by atoms with van der Waals surface area (Å²) in [6.45, 7) is 2.56. The van der Waals surface area contributed by atoms with Crippen molar-refractivity contribution in [1.29, 1.82) is 0 Å². The fourth-order valence-corrected chi connectivity index (χ4v) is 4.77. The number of aromatic nitrogens is 1. The number of nitrogens with zero attached hydrogens (tertiary/aromatic N) is 3. The van der Waals surface area contributed by atoms with Gasteiger partial charge in [-0.25, -0.2) is 8.42 Å². The molecule has 0 unspecified atom stereocenters. The molecule has 2 heterocycles. The number of piperazine rings is 1. The van der Waals surface area contributed by atoms with Crippen molar-refractivity contribution in [3.63, 3.8) is 0 Å². The van der Waals surface area contributed by atoms with Gasteiger partial charge in [-0.05, 0) is 41.3 Å². The van der Waals surface area contributed by atoms with E-state index in [0.29, 0.717) is 43.9 Å². The van der Waals surface area contributed by atoms with E-state index >= 15 is 0 Å². The number of para-hydroxylation sites is 1. The topological polar surface area (TPSA) is 117 Å². The number of nitro benzene ring substituents is 1. The maximum Gasteiger partial charge on any atom is 0.276 e. The van der Waals surface area contributed by atoms with Crippen LogP contribution in [0, 0.1) is 10.1 Å². The predicted molar refractivity (Wildman–Crippen MR) is 128 cm³/mol. The van der Waals surface area contributed by atoms with Gasteiger partial charge in [-0.2, -0.15) is 4.31 Å². The first-order valence-electron chi connectivity index (χ1n) is 10.5. The van der Waals surface area contributed by atoms with E-state index in [1.807, 2.05) is 24.3 Å². The van der Waals surface area contributed by atoms with Crippen molar-refractivity contribution in [2.24, 2.45) is 0 Å². The lowest BCUT2D eigenvalue weighted by Crippen LogP contribution is -2.47. The van der Waals surface area contributed by atoms with Gasteiger partial charge in [0.2, 0.25) is 10.0 Å². The number of nitro groups is 1. The number of sulfonamides is 1. The number of hydrogen-bond acceptors (Lipinski definition) is 6. The second kappa shape index (κ2) is 9.26. The average molecular weight is 469 g/mol. The van der Waals surface area contributed by atoms with Gasteiger partial charge in [-0.15, -0.1) is 0 Å². The first-order chi connectivity index (χ1) is 15.7. The molecule has 1 aromatic heterocycles. The number of nitrogens with one attached hydrogen (secondary N) is 1. The van der Waals surface area contributed by atoms with Crippen LogP contribution in [0.15, 0.2) is 53.3 Å². The summed E-state index contributed by atoms with van der Waals surface area (Å²) in [7, 11) is -3.20. The number of benzene rings is 2.